The summed E-state index contributed by atoms with van der Waals surface area (Å²) in [6, 6.07) is 8.15. The van der Waals surface area contributed by atoms with E-state index in [2.05, 4.69) is 35.9 Å². The fourth-order valence-electron chi connectivity index (χ4n) is 2.60. The maximum Gasteiger partial charge on any atom is 0.260 e. The Morgan fingerprint density at radius 2 is 1.92 bits per heavy atom. The topological polar surface area (TPSA) is 85.9 Å². The number of aromatic nitrogens is 2. The van der Waals surface area contributed by atoms with Crippen LogP contribution in [-0.2, 0) is 0 Å². The molecule has 0 fully saturated rings. The number of aryl methyl sites for hydroxylation is 1. The van der Waals surface area contributed by atoms with Gasteiger partial charge in [-0.15, -0.1) is 11.3 Å². The van der Waals surface area contributed by atoms with Gasteiger partial charge < -0.3 is 14.9 Å². The Kier molecular flexibility index (Phi) is 4.55. The highest BCUT2D eigenvalue weighted by Crippen LogP contribution is 2.26. The van der Waals surface area contributed by atoms with E-state index in [1.54, 1.807) is 13.0 Å². The number of hydrogen-bond donors (Lipinski definition) is 1. The first-order chi connectivity index (χ1) is 11.9. The quantitative estimate of drug-likeness (QED) is 0.781. The summed E-state index contributed by atoms with van der Waals surface area (Å²) in [6.07, 6.45) is 3.56. The van der Waals surface area contributed by atoms with Crippen LogP contribution in [-0.4, -0.2) is 15.9 Å². The number of nitrogens with zero attached hydrogens (tertiary/aromatic N) is 1. The molecule has 0 aliphatic rings. The zero-order valence-electron chi connectivity index (χ0n) is 14.1. The lowest BCUT2D eigenvalue weighted by atomic mass is 10.0. The predicted octanol–water partition coefficient (Wildman–Crippen LogP) is 2.95. The molecule has 6 heteroatoms. The molecule has 25 heavy (non-hydrogen) atoms. The van der Waals surface area contributed by atoms with Gasteiger partial charge in [0.05, 0.1) is 16.2 Å². The number of benzene rings is 1. The van der Waals surface area contributed by atoms with Gasteiger partial charge in [-0.05, 0) is 35.6 Å². The van der Waals surface area contributed by atoms with Crippen molar-refractivity contribution in [1.82, 2.24) is 9.97 Å². The predicted molar refractivity (Wildman–Crippen MR) is 98.8 cm³/mol. The molecule has 3 aromatic rings. The van der Waals surface area contributed by atoms with Crippen LogP contribution in [0.5, 0.6) is 0 Å². The van der Waals surface area contributed by atoms with E-state index in [-0.39, 0.29) is 10.4 Å². The number of H-pyrrole nitrogens is 1. The molecule has 2 aromatic heterocycles. The second kappa shape index (κ2) is 6.64. The second-order valence-corrected chi connectivity index (χ2v) is 7.13. The lowest BCUT2D eigenvalue weighted by Crippen LogP contribution is -2.21. The van der Waals surface area contributed by atoms with Gasteiger partial charge in [0, 0.05) is 0 Å². The molecular formula is C19H17N2O3S-. The maximum absolute atomic E-state index is 12.3. The van der Waals surface area contributed by atoms with Crippen LogP contribution in [0.4, 0.5) is 0 Å². The number of carbonyl (C=O) groups is 1. The third-order valence-corrected chi connectivity index (χ3v) is 5.21. The molecule has 0 unspecified atom stereocenters. The number of hydrogen-bond acceptors (Lipinski definition) is 5. The molecule has 0 saturated carbocycles. The van der Waals surface area contributed by atoms with Gasteiger partial charge in [-0.1, -0.05) is 44.2 Å². The summed E-state index contributed by atoms with van der Waals surface area (Å²) in [5.41, 5.74) is 2.30. The molecule has 0 amide bonds. The molecule has 128 valence electrons. The van der Waals surface area contributed by atoms with Crippen molar-refractivity contribution < 1.29 is 9.90 Å². The summed E-state index contributed by atoms with van der Waals surface area (Å²) < 4.78 is 0. The molecular weight excluding hydrogens is 336 g/mol. The molecule has 0 aliphatic heterocycles. The molecule has 0 atom stereocenters. The molecule has 0 saturated heterocycles. The molecule has 2 heterocycles. The third kappa shape index (κ3) is 3.39. The van der Waals surface area contributed by atoms with Gasteiger partial charge in [0.25, 0.3) is 5.56 Å². The summed E-state index contributed by atoms with van der Waals surface area (Å²) in [5.74, 6) is -0.433. The third-order valence-electron chi connectivity index (χ3n) is 4.04. The van der Waals surface area contributed by atoms with Crippen molar-refractivity contribution in [1.29, 1.82) is 0 Å². The lowest BCUT2D eigenvalue weighted by molar-refractivity contribution is -0.254. The summed E-state index contributed by atoms with van der Waals surface area (Å²) in [5, 5.41) is 11.4. The van der Waals surface area contributed by atoms with Crippen molar-refractivity contribution in [3.63, 3.8) is 0 Å². The van der Waals surface area contributed by atoms with E-state index < -0.39 is 5.97 Å². The van der Waals surface area contributed by atoms with Crippen LogP contribution in [0.1, 0.15) is 52.0 Å². The van der Waals surface area contributed by atoms with Crippen molar-refractivity contribution in [3.05, 3.63) is 62.0 Å². The van der Waals surface area contributed by atoms with Gasteiger partial charge in [-0.3, -0.25) is 4.79 Å². The number of carboxylic acids is 1. The van der Waals surface area contributed by atoms with E-state index in [0.29, 0.717) is 27.5 Å². The van der Waals surface area contributed by atoms with Gasteiger partial charge in [-0.2, -0.15) is 0 Å². The van der Waals surface area contributed by atoms with Crippen molar-refractivity contribution in [2.45, 2.75) is 26.7 Å². The Morgan fingerprint density at radius 3 is 2.52 bits per heavy atom. The minimum absolute atomic E-state index is 0.0402. The summed E-state index contributed by atoms with van der Waals surface area (Å²) in [6.45, 7) is 5.87. The van der Waals surface area contributed by atoms with Crippen LogP contribution in [0.25, 0.3) is 22.4 Å². The molecule has 1 aromatic carbocycles. The van der Waals surface area contributed by atoms with E-state index in [0.717, 1.165) is 16.9 Å². The summed E-state index contributed by atoms with van der Waals surface area (Å²) in [7, 11) is 0. The molecule has 5 nitrogen and oxygen atoms in total. The SMILES string of the molecule is Cc1c(C(=O)[O-])sc2nc(/C=C/c3ccc(C(C)C)cc3)[nH]c(=O)c12. The molecule has 1 N–H and O–H groups in total. The minimum atomic E-state index is -1.29. The van der Waals surface area contributed by atoms with E-state index >= 15 is 0 Å². The van der Waals surface area contributed by atoms with Crippen molar-refractivity contribution >= 4 is 39.7 Å². The number of fused-ring (bicyclic) bond motifs is 1. The Balaban J connectivity index is 1.96. The number of carbonyl (C=O) groups excluding carboxylic acids is 1. The standard InChI is InChI=1S/C19H18N2O3S/c1-10(2)13-7-4-12(5-8-13)6-9-14-20-17(22)15-11(3)16(19(23)24)25-18(15)21-14/h4-10H,1-3H3,(H,23,24)(H,20,21,22)/p-1/b9-6+. The summed E-state index contributed by atoms with van der Waals surface area (Å²) in [4.78, 5) is 30.8. The van der Waals surface area contributed by atoms with Crippen LogP contribution >= 0.6 is 11.3 Å². The molecule has 3 rings (SSSR count). The Morgan fingerprint density at radius 1 is 1.24 bits per heavy atom. The van der Waals surface area contributed by atoms with Gasteiger partial charge >= 0.3 is 0 Å². The average Bonchev–Trinajstić information content (AvgIpc) is 2.91. The molecule has 0 aliphatic carbocycles. The Labute approximate surface area is 148 Å². The van der Waals surface area contributed by atoms with Gasteiger partial charge in [-0.25, -0.2) is 4.98 Å². The van der Waals surface area contributed by atoms with Gasteiger partial charge in [0.1, 0.15) is 10.7 Å². The smallest absolute Gasteiger partial charge is 0.260 e. The minimum Gasteiger partial charge on any atom is -0.544 e. The normalized spacial score (nSPS) is 11.7. The van der Waals surface area contributed by atoms with Crippen molar-refractivity contribution in [3.8, 4) is 0 Å². The number of aromatic carboxylic acids is 1. The number of thiophene rings is 1. The number of aromatic amines is 1. The highest BCUT2D eigenvalue weighted by atomic mass is 32.1. The Bertz CT molecular complexity index is 1030. The van der Waals surface area contributed by atoms with Crippen LogP contribution in [0.3, 0.4) is 0 Å². The first kappa shape index (κ1) is 17.1. The monoisotopic (exact) mass is 353 g/mol. The maximum atomic E-state index is 12.3. The van der Waals surface area contributed by atoms with Gasteiger partial charge in [0.2, 0.25) is 0 Å². The van der Waals surface area contributed by atoms with Gasteiger partial charge in [0.15, 0.2) is 0 Å². The largest absolute Gasteiger partial charge is 0.544 e. The van der Waals surface area contributed by atoms with Crippen LogP contribution in [0, 0.1) is 6.92 Å². The van der Waals surface area contributed by atoms with Crippen LogP contribution in [0.2, 0.25) is 0 Å². The molecule has 0 radical (unpaired) electrons. The zero-order valence-corrected chi connectivity index (χ0v) is 14.9. The van der Waals surface area contributed by atoms with E-state index in [9.17, 15) is 14.7 Å². The van der Waals surface area contributed by atoms with Crippen molar-refractivity contribution in [2.75, 3.05) is 0 Å². The van der Waals surface area contributed by atoms with E-state index in [1.165, 1.54) is 5.56 Å². The van der Waals surface area contributed by atoms with Crippen LogP contribution in [0.15, 0.2) is 29.1 Å². The fourth-order valence-corrected chi connectivity index (χ4v) is 3.63. The summed E-state index contributed by atoms with van der Waals surface area (Å²) >= 11 is 0.960. The second-order valence-electron chi connectivity index (χ2n) is 6.13. The van der Waals surface area contributed by atoms with E-state index in [1.807, 2.05) is 18.2 Å². The molecule has 0 spiro atoms. The lowest BCUT2D eigenvalue weighted by Gasteiger charge is -2.04. The zero-order chi connectivity index (χ0) is 18.1. The van der Waals surface area contributed by atoms with Crippen LogP contribution < -0.4 is 10.7 Å². The van der Waals surface area contributed by atoms with Crippen molar-refractivity contribution in [2.24, 2.45) is 0 Å². The van der Waals surface area contributed by atoms with E-state index in [4.69, 9.17) is 0 Å². The number of rotatable bonds is 4. The average molecular weight is 353 g/mol. The number of carboxylic acid groups (broad SMARTS) is 1. The fraction of sp³-hybridized carbons (Fsp3) is 0.211. The highest BCUT2D eigenvalue weighted by molar-refractivity contribution is 7.20. The number of nitrogens with one attached hydrogen (secondary N) is 1. The molecule has 0 bridgehead atoms. The first-order valence-corrected chi connectivity index (χ1v) is 8.71. The first-order valence-electron chi connectivity index (χ1n) is 7.89. The highest BCUT2D eigenvalue weighted by Gasteiger charge is 2.14. The Hall–Kier alpha value is -2.73.